The Labute approximate surface area is 128 Å². The molecule has 0 radical (unpaired) electrons. The van der Waals surface area contributed by atoms with E-state index >= 15 is 0 Å². The van der Waals surface area contributed by atoms with Crippen LogP contribution < -0.4 is 5.32 Å². The largest absolute Gasteiger partial charge is 0.338 e. The topological polar surface area (TPSA) is 33.1 Å². The maximum absolute atomic E-state index is 4.45. The maximum atomic E-state index is 4.45. The van der Waals surface area contributed by atoms with Crippen LogP contribution in [-0.4, -0.2) is 46.7 Å². The first-order chi connectivity index (χ1) is 10.3. The van der Waals surface area contributed by atoms with Gasteiger partial charge in [-0.3, -0.25) is 0 Å². The molecule has 4 heteroatoms. The van der Waals surface area contributed by atoms with Gasteiger partial charge in [-0.15, -0.1) is 0 Å². The summed E-state index contributed by atoms with van der Waals surface area (Å²) in [6.07, 6.45) is 13.5. The zero-order valence-electron chi connectivity index (χ0n) is 13.4. The van der Waals surface area contributed by atoms with E-state index in [1.165, 1.54) is 64.0 Å². The molecular weight excluding hydrogens is 260 g/mol. The number of aromatic nitrogens is 2. The van der Waals surface area contributed by atoms with E-state index in [4.69, 9.17) is 0 Å². The summed E-state index contributed by atoms with van der Waals surface area (Å²) in [5.74, 6) is 2.12. The normalized spacial score (nSPS) is 25.9. The van der Waals surface area contributed by atoms with Crippen LogP contribution in [0.3, 0.4) is 0 Å². The molecule has 1 unspecified atom stereocenters. The minimum absolute atomic E-state index is 0.717. The number of rotatable bonds is 4. The fourth-order valence-electron chi connectivity index (χ4n) is 3.97. The van der Waals surface area contributed by atoms with Gasteiger partial charge in [0.25, 0.3) is 0 Å². The average Bonchev–Trinajstić information content (AvgIpc) is 2.79. The molecule has 4 nitrogen and oxygen atoms in total. The average molecular weight is 290 g/mol. The van der Waals surface area contributed by atoms with Crippen LogP contribution in [0, 0.1) is 5.92 Å². The van der Waals surface area contributed by atoms with E-state index in [9.17, 15) is 0 Å². The molecule has 1 saturated heterocycles. The molecule has 1 aliphatic heterocycles. The molecule has 118 valence electrons. The second-order valence-corrected chi connectivity index (χ2v) is 6.82. The highest BCUT2D eigenvalue weighted by Gasteiger charge is 2.26. The zero-order chi connectivity index (χ0) is 14.5. The molecule has 1 aromatic heterocycles. The van der Waals surface area contributed by atoms with Crippen LogP contribution in [0.25, 0.3) is 0 Å². The van der Waals surface area contributed by atoms with Crippen molar-refractivity contribution < 1.29 is 0 Å². The van der Waals surface area contributed by atoms with Crippen LogP contribution in [0.5, 0.6) is 0 Å². The van der Waals surface area contributed by atoms with Crippen molar-refractivity contribution in [2.45, 2.75) is 51.0 Å². The molecule has 2 fully saturated rings. The molecule has 1 aliphatic carbocycles. The first-order valence-electron chi connectivity index (χ1n) is 8.75. The fourth-order valence-corrected chi connectivity index (χ4v) is 3.97. The Balaban J connectivity index is 1.53. The van der Waals surface area contributed by atoms with E-state index in [1.54, 1.807) is 0 Å². The summed E-state index contributed by atoms with van der Waals surface area (Å²) in [6, 6.07) is 0.717. The molecule has 0 bridgehead atoms. The minimum Gasteiger partial charge on any atom is -0.338 e. The van der Waals surface area contributed by atoms with E-state index in [0.29, 0.717) is 6.04 Å². The number of hydrogen-bond acceptors (Lipinski definition) is 3. The fraction of sp³-hybridized carbons (Fsp3) is 0.824. The minimum atomic E-state index is 0.717. The van der Waals surface area contributed by atoms with Crippen LogP contribution in [-0.2, 0) is 13.5 Å². The highest BCUT2D eigenvalue weighted by atomic mass is 15.2. The van der Waals surface area contributed by atoms with Crippen LogP contribution in [0.2, 0.25) is 0 Å². The molecule has 2 heterocycles. The number of nitrogens with zero attached hydrogens (tertiary/aromatic N) is 3. The molecular formula is C17H30N4. The third kappa shape index (κ3) is 4.07. The Morgan fingerprint density at radius 1 is 1.24 bits per heavy atom. The second kappa shape index (κ2) is 7.41. The number of aryl methyl sites for hydroxylation is 1. The van der Waals surface area contributed by atoms with Gasteiger partial charge in [-0.2, -0.15) is 0 Å². The molecule has 0 amide bonds. The highest BCUT2D eigenvalue weighted by molar-refractivity contribution is 4.92. The molecule has 1 saturated carbocycles. The Kier molecular flexibility index (Phi) is 5.31. The SMILES string of the molecule is Cn1ccnc1CCN1CCCNC(C2CCCCC2)C1. The lowest BCUT2D eigenvalue weighted by molar-refractivity contribution is 0.206. The smallest absolute Gasteiger partial charge is 0.109 e. The van der Waals surface area contributed by atoms with Gasteiger partial charge >= 0.3 is 0 Å². The van der Waals surface area contributed by atoms with Gasteiger partial charge in [0, 0.05) is 45.0 Å². The summed E-state index contributed by atoms with van der Waals surface area (Å²) in [5, 5.41) is 3.82. The first kappa shape index (κ1) is 15.0. The van der Waals surface area contributed by atoms with Gasteiger partial charge in [0.2, 0.25) is 0 Å². The van der Waals surface area contributed by atoms with Crippen molar-refractivity contribution in [3.8, 4) is 0 Å². The summed E-state index contributed by atoms with van der Waals surface area (Å²) in [4.78, 5) is 7.11. The van der Waals surface area contributed by atoms with Crippen molar-refractivity contribution in [2.75, 3.05) is 26.2 Å². The van der Waals surface area contributed by atoms with Gasteiger partial charge in [-0.05, 0) is 38.3 Å². The van der Waals surface area contributed by atoms with E-state index in [0.717, 1.165) is 18.9 Å². The van der Waals surface area contributed by atoms with Crippen LogP contribution in [0.1, 0.15) is 44.3 Å². The summed E-state index contributed by atoms with van der Waals surface area (Å²) in [6.45, 7) is 4.81. The third-order valence-electron chi connectivity index (χ3n) is 5.30. The Hall–Kier alpha value is -0.870. The van der Waals surface area contributed by atoms with Crippen molar-refractivity contribution >= 4 is 0 Å². The molecule has 21 heavy (non-hydrogen) atoms. The second-order valence-electron chi connectivity index (χ2n) is 6.82. The monoisotopic (exact) mass is 290 g/mol. The van der Waals surface area contributed by atoms with Gasteiger partial charge < -0.3 is 14.8 Å². The van der Waals surface area contributed by atoms with Crippen molar-refractivity contribution in [3.63, 3.8) is 0 Å². The summed E-state index contributed by atoms with van der Waals surface area (Å²) in [7, 11) is 2.09. The summed E-state index contributed by atoms with van der Waals surface area (Å²) < 4.78 is 2.15. The number of nitrogens with one attached hydrogen (secondary N) is 1. The van der Waals surface area contributed by atoms with E-state index in [1.807, 2.05) is 12.4 Å². The summed E-state index contributed by atoms with van der Waals surface area (Å²) >= 11 is 0. The highest BCUT2D eigenvalue weighted by Crippen LogP contribution is 2.27. The van der Waals surface area contributed by atoms with Gasteiger partial charge in [-0.1, -0.05) is 19.3 Å². The molecule has 1 atom stereocenters. The lowest BCUT2D eigenvalue weighted by atomic mass is 9.83. The van der Waals surface area contributed by atoms with E-state index in [-0.39, 0.29) is 0 Å². The van der Waals surface area contributed by atoms with Gasteiger partial charge in [0.15, 0.2) is 0 Å². The van der Waals surface area contributed by atoms with Crippen LogP contribution in [0.15, 0.2) is 12.4 Å². The molecule has 1 N–H and O–H groups in total. The van der Waals surface area contributed by atoms with Crippen molar-refractivity contribution in [1.29, 1.82) is 0 Å². The van der Waals surface area contributed by atoms with E-state index < -0.39 is 0 Å². The van der Waals surface area contributed by atoms with Crippen molar-refractivity contribution in [3.05, 3.63) is 18.2 Å². The summed E-state index contributed by atoms with van der Waals surface area (Å²) in [5.41, 5.74) is 0. The third-order valence-corrected chi connectivity index (χ3v) is 5.30. The Bertz CT molecular complexity index is 422. The van der Waals surface area contributed by atoms with Gasteiger partial charge in [0.05, 0.1) is 0 Å². The number of imidazole rings is 1. The van der Waals surface area contributed by atoms with Crippen molar-refractivity contribution in [1.82, 2.24) is 19.8 Å². The number of hydrogen-bond donors (Lipinski definition) is 1. The standard InChI is InChI=1S/C17H30N4/c1-20-13-10-19-17(20)8-12-21-11-5-9-18-16(14-21)15-6-3-2-4-7-15/h10,13,15-16,18H,2-9,11-12,14H2,1H3. The first-order valence-corrected chi connectivity index (χ1v) is 8.75. The molecule has 3 rings (SSSR count). The zero-order valence-corrected chi connectivity index (χ0v) is 13.4. The van der Waals surface area contributed by atoms with Crippen molar-refractivity contribution in [2.24, 2.45) is 13.0 Å². The molecule has 0 spiro atoms. The molecule has 0 aromatic carbocycles. The maximum Gasteiger partial charge on any atom is 0.109 e. The van der Waals surface area contributed by atoms with Gasteiger partial charge in [-0.25, -0.2) is 4.98 Å². The predicted octanol–water partition coefficient (Wildman–Crippen LogP) is 2.21. The lowest BCUT2D eigenvalue weighted by Crippen LogP contribution is -2.44. The lowest BCUT2D eigenvalue weighted by Gasteiger charge is -2.32. The van der Waals surface area contributed by atoms with Crippen LogP contribution in [0.4, 0.5) is 0 Å². The van der Waals surface area contributed by atoms with Gasteiger partial charge in [0.1, 0.15) is 5.82 Å². The van der Waals surface area contributed by atoms with Crippen LogP contribution >= 0.6 is 0 Å². The Morgan fingerprint density at radius 2 is 2.10 bits per heavy atom. The van der Waals surface area contributed by atoms with E-state index in [2.05, 4.69) is 26.8 Å². The molecule has 2 aliphatic rings. The predicted molar refractivity (Wildman–Crippen MR) is 86.3 cm³/mol. The quantitative estimate of drug-likeness (QED) is 0.923. The molecule has 1 aromatic rings. The Morgan fingerprint density at radius 3 is 2.86 bits per heavy atom.